The van der Waals surface area contributed by atoms with Gasteiger partial charge in [-0.3, -0.25) is 0 Å². The minimum atomic E-state index is -3.46. The lowest BCUT2D eigenvalue weighted by molar-refractivity contribution is 0.296. The van der Waals surface area contributed by atoms with Gasteiger partial charge in [-0.1, -0.05) is 71.4 Å². The molecule has 2 aromatic rings. The van der Waals surface area contributed by atoms with Crippen molar-refractivity contribution in [1.29, 1.82) is 0 Å². The summed E-state index contributed by atoms with van der Waals surface area (Å²) in [5.41, 5.74) is 3.79. The molecule has 0 heterocycles. The maximum Gasteiger partial charge on any atom is 0.240 e. The van der Waals surface area contributed by atoms with E-state index in [1.54, 1.807) is 12.1 Å². The lowest BCUT2D eigenvalue weighted by Crippen LogP contribution is -2.25. The van der Waals surface area contributed by atoms with Crippen LogP contribution in [0.4, 0.5) is 0 Å². The third-order valence-corrected chi connectivity index (χ3v) is 8.19. The van der Waals surface area contributed by atoms with Crippen LogP contribution < -0.4 is 9.46 Å². The maximum atomic E-state index is 12.4. The van der Waals surface area contributed by atoms with Crippen molar-refractivity contribution >= 4 is 10.0 Å². The Balaban J connectivity index is 1.95. The van der Waals surface area contributed by atoms with Crippen molar-refractivity contribution in [3.63, 3.8) is 0 Å². The first kappa shape index (κ1) is 26.4. The number of aryl methyl sites for hydroxylation is 1. The summed E-state index contributed by atoms with van der Waals surface area (Å²) in [6.45, 7) is 16.4. The average Bonchev–Trinajstić information content (AvgIpc) is 2.76. The lowest BCUT2D eigenvalue weighted by Gasteiger charge is -2.30. The molecule has 2 rings (SSSR count). The molecule has 0 amide bonds. The Labute approximate surface area is 195 Å². The second-order valence-corrected chi connectivity index (χ2v) is 11.7. The minimum Gasteiger partial charge on any atom is -0.493 e. The molecule has 0 aliphatic heterocycles. The third kappa shape index (κ3) is 6.82. The van der Waals surface area contributed by atoms with Gasteiger partial charge in [-0.15, -0.1) is 0 Å². The summed E-state index contributed by atoms with van der Waals surface area (Å²) in [6.07, 6.45) is 3.61. The minimum absolute atomic E-state index is 0.0266. The Morgan fingerprint density at radius 2 is 1.50 bits per heavy atom. The molecule has 178 valence electrons. The van der Waals surface area contributed by atoms with Crippen LogP contribution in [0.2, 0.25) is 0 Å². The normalized spacial score (nSPS) is 12.7. The van der Waals surface area contributed by atoms with Gasteiger partial charge >= 0.3 is 0 Å². The van der Waals surface area contributed by atoms with Crippen molar-refractivity contribution in [2.45, 2.75) is 89.9 Å². The quantitative estimate of drug-likeness (QED) is 0.368. The average molecular weight is 460 g/mol. The molecule has 0 aromatic heterocycles. The van der Waals surface area contributed by atoms with Crippen LogP contribution in [0.15, 0.2) is 47.4 Å². The summed E-state index contributed by atoms with van der Waals surface area (Å²) in [4.78, 5) is 0.306. The van der Waals surface area contributed by atoms with Crippen molar-refractivity contribution in [3.05, 3.63) is 59.2 Å². The first-order chi connectivity index (χ1) is 14.9. The SMILES string of the molecule is CCC(C)(C)c1ccc(OCCCCNS(=O)(=O)c2ccc(C)cc2)c(C(C)(C)CC)c1. The van der Waals surface area contributed by atoms with Crippen molar-refractivity contribution in [2.75, 3.05) is 13.2 Å². The van der Waals surface area contributed by atoms with Crippen molar-refractivity contribution in [1.82, 2.24) is 4.72 Å². The molecular weight excluding hydrogens is 418 g/mol. The fraction of sp³-hybridized carbons (Fsp3) is 0.556. The molecule has 0 aliphatic rings. The van der Waals surface area contributed by atoms with Gasteiger partial charge < -0.3 is 4.74 Å². The van der Waals surface area contributed by atoms with Crippen molar-refractivity contribution in [2.24, 2.45) is 0 Å². The van der Waals surface area contributed by atoms with E-state index >= 15 is 0 Å². The van der Waals surface area contributed by atoms with E-state index in [9.17, 15) is 8.42 Å². The fourth-order valence-electron chi connectivity index (χ4n) is 3.42. The van der Waals surface area contributed by atoms with Crippen LogP contribution >= 0.6 is 0 Å². The molecule has 0 atom stereocenters. The summed E-state index contributed by atoms with van der Waals surface area (Å²) in [5, 5.41) is 0. The Bertz CT molecular complexity index is 976. The van der Waals surface area contributed by atoms with Gasteiger partial charge in [0.2, 0.25) is 10.0 Å². The highest BCUT2D eigenvalue weighted by molar-refractivity contribution is 7.89. The molecule has 0 fully saturated rings. The Morgan fingerprint density at radius 3 is 2.09 bits per heavy atom. The highest BCUT2D eigenvalue weighted by atomic mass is 32.2. The summed E-state index contributed by atoms with van der Waals surface area (Å²) >= 11 is 0. The molecule has 0 saturated carbocycles. The zero-order chi connectivity index (χ0) is 24.0. The van der Waals surface area contributed by atoms with E-state index in [2.05, 4.69) is 64.5 Å². The monoisotopic (exact) mass is 459 g/mol. The smallest absolute Gasteiger partial charge is 0.240 e. The van der Waals surface area contributed by atoms with E-state index in [0.29, 0.717) is 18.0 Å². The molecule has 32 heavy (non-hydrogen) atoms. The molecular formula is C27H41NO3S. The first-order valence-corrected chi connectivity index (χ1v) is 13.3. The molecule has 0 bridgehead atoms. The summed E-state index contributed by atoms with van der Waals surface area (Å²) in [7, 11) is -3.46. The molecule has 5 heteroatoms. The highest BCUT2D eigenvalue weighted by Crippen LogP contribution is 2.38. The Hall–Kier alpha value is -1.85. The van der Waals surface area contributed by atoms with Crippen LogP contribution in [-0.4, -0.2) is 21.6 Å². The zero-order valence-corrected chi connectivity index (χ0v) is 21.7. The predicted molar refractivity (Wildman–Crippen MR) is 134 cm³/mol. The number of hydrogen-bond donors (Lipinski definition) is 1. The number of benzene rings is 2. The molecule has 0 spiro atoms. The lowest BCUT2D eigenvalue weighted by atomic mass is 9.76. The highest BCUT2D eigenvalue weighted by Gasteiger charge is 2.26. The van der Waals surface area contributed by atoms with Gasteiger partial charge in [-0.2, -0.15) is 0 Å². The molecule has 0 aliphatic carbocycles. The van der Waals surface area contributed by atoms with E-state index < -0.39 is 10.0 Å². The molecule has 0 radical (unpaired) electrons. The van der Waals surface area contributed by atoms with Crippen LogP contribution in [0.1, 0.15) is 83.9 Å². The van der Waals surface area contributed by atoms with Gasteiger partial charge in [0.25, 0.3) is 0 Å². The largest absolute Gasteiger partial charge is 0.493 e. The van der Waals surface area contributed by atoms with Gasteiger partial charge in [-0.05, 0) is 67.2 Å². The molecule has 1 N–H and O–H groups in total. The van der Waals surface area contributed by atoms with E-state index in [1.807, 2.05) is 19.1 Å². The number of hydrogen-bond acceptors (Lipinski definition) is 3. The fourth-order valence-corrected chi connectivity index (χ4v) is 4.49. The van der Waals surface area contributed by atoms with Crippen molar-refractivity contribution < 1.29 is 13.2 Å². The summed E-state index contributed by atoms with van der Waals surface area (Å²) < 4.78 is 33.6. The number of ether oxygens (including phenoxy) is 1. The summed E-state index contributed by atoms with van der Waals surface area (Å²) in [5.74, 6) is 0.938. The zero-order valence-electron chi connectivity index (χ0n) is 20.9. The van der Waals surface area contributed by atoms with E-state index in [1.165, 1.54) is 11.1 Å². The van der Waals surface area contributed by atoms with Crippen LogP contribution in [0.3, 0.4) is 0 Å². The van der Waals surface area contributed by atoms with Crippen molar-refractivity contribution in [3.8, 4) is 5.75 Å². The van der Waals surface area contributed by atoms with Gasteiger partial charge in [-0.25, -0.2) is 13.1 Å². The van der Waals surface area contributed by atoms with Gasteiger partial charge in [0.15, 0.2) is 0 Å². The second-order valence-electron chi connectivity index (χ2n) is 9.95. The standard InChI is InChI=1S/C27H41NO3S/c1-8-26(4,5)22-14-17-25(24(20-22)27(6,7)9-2)31-19-11-10-18-28-32(29,30)23-15-12-21(3)13-16-23/h12-17,20,28H,8-11,18-19H2,1-7H3. The van der Waals surface area contributed by atoms with Crippen LogP contribution in [0.25, 0.3) is 0 Å². The molecule has 0 saturated heterocycles. The predicted octanol–water partition coefficient (Wildman–Crippen LogP) is 6.51. The number of rotatable bonds is 12. The van der Waals surface area contributed by atoms with E-state index in [4.69, 9.17) is 4.74 Å². The summed E-state index contributed by atoms with van der Waals surface area (Å²) in [6, 6.07) is 13.5. The molecule has 0 unspecified atom stereocenters. The second kappa shape index (κ2) is 10.8. The number of nitrogens with one attached hydrogen (secondary N) is 1. The third-order valence-electron chi connectivity index (χ3n) is 6.71. The Kier molecular flexibility index (Phi) is 8.95. The molecule has 2 aromatic carbocycles. The van der Waals surface area contributed by atoms with Gasteiger partial charge in [0, 0.05) is 12.1 Å². The topological polar surface area (TPSA) is 55.4 Å². The number of unbranched alkanes of at least 4 members (excludes halogenated alkanes) is 1. The molecule has 4 nitrogen and oxygen atoms in total. The van der Waals surface area contributed by atoms with E-state index in [-0.39, 0.29) is 10.8 Å². The van der Waals surface area contributed by atoms with Crippen LogP contribution in [0, 0.1) is 6.92 Å². The van der Waals surface area contributed by atoms with E-state index in [0.717, 1.165) is 37.0 Å². The maximum absolute atomic E-state index is 12.4. The van der Waals surface area contributed by atoms with Crippen LogP contribution in [0.5, 0.6) is 5.75 Å². The Morgan fingerprint density at radius 1 is 0.875 bits per heavy atom. The van der Waals surface area contributed by atoms with Gasteiger partial charge in [0.05, 0.1) is 11.5 Å². The van der Waals surface area contributed by atoms with Gasteiger partial charge in [0.1, 0.15) is 5.75 Å². The van der Waals surface area contributed by atoms with Crippen LogP contribution in [-0.2, 0) is 20.9 Å². The number of sulfonamides is 1. The first-order valence-electron chi connectivity index (χ1n) is 11.8.